The van der Waals surface area contributed by atoms with Crippen LogP contribution >= 0.6 is 0 Å². The number of nitrogens with zero attached hydrogens (tertiary/aromatic N) is 1. The van der Waals surface area contributed by atoms with E-state index in [2.05, 4.69) is 0 Å². The zero-order valence-corrected chi connectivity index (χ0v) is 10.4. The number of aliphatic hydroxyl groups excluding tert-OH is 1. The van der Waals surface area contributed by atoms with Gasteiger partial charge in [0.25, 0.3) is 0 Å². The van der Waals surface area contributed by atoms with Crippen LogP contribution in [0.4, 0.5) is 4.39 Å². The van der Waals surface area contributed by atoms with Crippen molar-refractivity contribution in [3.63, 3.8) is 0 Å². The molecule has 4 nitrogen and oxygen atoms in total. The molecule has 0 bridgehead atoms. The van der Waals surface area contributed by atoms with Crippen molar-refractivity contribution in [2.75, 3.05) is 40.0 Å². The van der Waals surface area contributed by atoms with Crippen molar-refractivity contribution in [3.05, 3.63) is 35.6 Å². The van der Waals surface area contributed by atoms with Gasteiger partial charge in [0.1, 0.15) is 5.82 Å². The van der Waals surface area contributed by atoms with Crippen molar-refractivity contribution < 1.29 is 19.0 Å². The number of carbonyl (C=O) groups is 1. The maximum Gasteiger partial charge on any atom is 0.176 e. The largest absolute Gasteiger partial charge is 0.395 e. The first kappa shape index (κ1) is 14.8. The van der Waals surface area contributed by atoms with Gasteiger partial charge in [-0.15, -0.1) is 0 Å². The number of hydrogen-bond donors (Lipinski definition) is 1. The SMILES string of the molecule is COCCN(CCO)CC(=O)c1cccc(F)c1. The quantitative estimate of drug-likeness (QED) is 0.703. The first-order valence-electron chi connectivity index (χ1n) is 5.78. The van der Waals surface area contributed by atoms with E-state index in [1.165, 1.54) is 18.2 Å². The third-order valence-corrected chi connectivity index (χ3v) is 2.54. The van der Waals surface area contributed by atoms with Gasteiger partial charge in [0.15, 0.2) is 5.78 Å². The van der Waals surface area contributed by atoms with Crippen molar-refractivity contribution in [2.24, 2.45) is 0 Å². The molecule has 0 aromatic heterocycles. The average molecular weight is 255 g/mol. The van der Waals surface area contributed by atoms with Gasteiger partial charge in [-0.3, -0.25) is 9.69 Å². The van der Waals surface area contributed by atoms with Crippen LogP contribution in [0.3, 0.4) is 0 Å². The Kier molecular flexibility index (Phi) is 6.49. The van der Waals surface area contributed by atoms with E-state index >= 15 is 0 Å². The first-order valence-corrected chi connectivity index (χ1v) is 5.78. The van der Waals surface area contributed by atoms with Gasteiger partial charge in [-0.25, -0.2) is 4.39 Å². The number of rotatable bonds is 8. The Labute approximate surface area is 106 Å². The molecule has 1 N–H and O–H groups in total. The van der Waals surface area contributed by atoms with Gasteiger partial charge in [-0.05, 0) is 12.1 Å². The minimum Gasteiger partial charge on any atom is -0.395 e. The molecule has 0 saturated heterocycles. The van der Waals surface area contributed by atoms with Crippen molar-refractivity contribution in [2.45, 2.75) is 0 Å². The summed E-state index contributed by atoms with van der Waals surface area (Å²) in [4.78, 5) is 13.7. The summed E-state index contributed by atoms with van der Waals surface area (Å²) in [6.07, 6.45) is 0. The Balaban J connectivity index is 2.59. The Morgan fingerprint density at radius 1 is 1.44 bits per heavy atom. The molecular formula is C13H18FNO3. The van der Waals surface area contributed by atoms with Crippen LogP contribution in [-0.4, -0.2) is 55.7 Å². The van der Waals surface area contributed by atoms with E-state index in [1.807, 2.05) is 0 Å². The summed E-state index contributed by atoms with van der Waals surface area (Å²) >= 11 is 0. The molecule has 1 aromatic rings. The molecule has 1 rings (SSSR count). The molecular weight excluding hydrogens is 237 g/mol. The molecule has 0 fully saturated rings. The topological polar surface area (TPSA) is 49.8 Å². The number of methoxy groups -OCH3 is 1. The monoisotopic (exact) mass is 255 g/mol. The summed E-state index contributed by atoms with van der Waals surface area (Å²) < 4.78 is 17.9. The van der Waals surface area contributed by atoms with Gasteiger partial charge in [-0.1, -0.05) is 12.1 Å². The van der Waals surface area contributed by atoms with E-state index in [1.54, 1.807) is 18.1 Å². The highest BCUT2D eigenvalue weighted by Gasteiger charge is 2.12. The van der Waals surface area contributed by atoms with Crippen LogP contribution in [-0.2, 0) is 4.74 Å². The normalized spacial score (nSPS) is 10.9. The number of ketones is 1. The fourth-order valence-electron chi connectivity index (χ4n) is 1.59. The lowest BCUT2D eigenvalue weighted by molar-refractivity contribution is 0.0868. The lowest BCUT2D eigenvalue weighted by Crippen LogP contribution is -2.35. The second-order valence-electron chi connectivity index (χ2n) is 3.93. The van der Waals surface area contributed by atoms with Gasteiger partial charge in [0.05, 0.1) is 19.8 Å². The minimum atomic E-state index is -0.425. The number of benzene rings is 1. The number of ether oxygens (including phenoxy) is 1. The molecule has 0 heterocycles. The van der Waals surface area contributed by atoms with Gasteiger partial charge >= 0.3 is 0 Å². The second kappa shape index (κ2) is 7.92. The third kappa shape index (κ3) is 4.91. The fourth-order valence-corrected chi connectivity index (χ4v) is 1.59. The van der Waals surface area contributed by atoms with Crippen LogP contribution < -0.4 is 0 Å². The maximum absolute atomic E-state index is 13.0. The fraction of sp³-hybridized carbons (Fsp3) is 0.462. The molecule has 0 amide bonds. The van der Waals surface area contributed by atoms with Crippen molar-refractivity contribution >= 4 is 5.78 Å². The van der Waals surface area contributed by atoms with Gasteiger partial charge < -0.3 is 9.84 Å². The minimum absolute atomic E-state index is 0.0276. The molecule has 0 spiro atoms. The molecule has 18 heavy (non-hydrogen) atoms. The molecule has 1 aromatic carbocycles. The van der Waals surface area contributed by atoms with E-state index in [0.29, 0.717) is 25.3 Å². The van der Waals surface area contributed by atoms with Crippen molar-refractivity contribution in [3.8, 4) is 0 Å². The number of aliphatic hydroxyl groups is 1. The van der Waals surface area contributed by atoms with Gasteiger partial charge in [0, 0.05) is 25.8 Å². The van der Waals surface area contributed by atoms with E-state index in [-0.39, 0.29) is 18.9 Å². The average Bonchev–Trinajstić information content (AvgIpc) is 2.36. The Hall–Kier alpha value is -1.30. The number of carbonyl (C=O) groups excluding carboxylic acids is 1. The summed E-state index contributed by atoms with van der Waals surface area (Å²) in [5.74, 6) is -0.592. The predicted octanol–water partition coefficient (Wildman–Crippen LogP) is 0.949. The molecule has 5 heteroatoms. The molecule has 0 radical (unpaired) electrons. The summed E-state index contributed by atoms with van der Waals surface area (Å²) in [6.45, 7) is 1.55. The van der Waals surface area contributed by atoms with Crippen LogP contribution in [0.5, 0.6) is 0 Å². The number of Topliss-reactive ketones (excluding diaryl/α,β-unsaturated/α-hetero) is 1. The molecule has 0 aliphatic rings. The van der Waals surface area contributed by atoms with E-state index in [9.17, 15) is 9.18 Å². The second-order valence-corrected chi connectivity index (χ2v) is 3.93. The van der Waals surface area contributed by atoms with Gasteiger partial charge in [-0.2, -0.15) is 0 Å². The van der Waals surface area contributed by atoms with Crippen LogP contribution in [0, 0.1) is 5.82 Å². The van der Waals surface area contributed by atoms with Crippen molar-refractivity contribution in [1.29, 1.82) is 0 Å². The van der Waals surface area contributed by atoms with E-state index in [0.717, 1.165) is 0 Å². The summed E-state index contributed by atoms with van der Waals surface area (Å²) in [5, 5.41) is 8.91. The Bertz CT molecular complexity index is 384. The third-order valence-electron chi connectivity index (χ3n) is 2.54. The summed E-state index contributed by atoms with van der Waals surface area (Å²) in [5.41, 5.74) is 0.343. The lowest BCUT2D eigenvalue weighted by Gasteiger charge is -2.19. The highest BCUT2D eigenvalue weighted by atomic mass is 19.1. The lowest BCUT2D eigenvalue weighted by atomic mass is 10.1. The first-order chi connectivity index (χ1) is 8.67. The van der Waals surface area contributed by atoms with E-state index < -0.39 is 5.82 Å². The van der Waals surface area contributed by atoms with Crippen LogP contribution in [0.2, 0.25) is 0 Å². The van der Waals surface area contributed by atoms with Crippen molar-refractivity contribution in [1.82, 2.24) is 4.90 Å². The summed E-state index contributed by atoms with van der Waals surface area (Å²) in [6, 6.07) is 5.61. The molecule has 0 unspecified atom stereocenters. The van der Waals surface area contributed by atoms with E-state index in [4.69, 9.17) is 9.84 Å². The molecule has 0 atom stereocenters. The predicted molar refractivity (Wildman–Crippen MR) is 66.1 cm³/mol. The molecule has 0 aliphatic heterocycles. The molecule has 100 valence electrons. The highest BCUT2D eigenvalue weighted by molar-refractivity contribution is 5.97. The smallest absolute Gasteiger partial charge is 0.176 e. The highest BCUT2D eigenvalue weighted by Crippen LogP contribution is 2.05. The Morgan fingerprint density at radius 2 is 2.22 bits per heavy atom. The van der Waals surface area contributed by atoms with Crippen LogP contribution in [0.15, 0.2) is 24.3 Å². The van der Waals surface area contributed by atoms with Gasteiger partial charge in [0.2, 0.25) is 0 Å². The Morgan fingerprint density at radius 3 is 2.83 bits per heavy atom. The zero-order chi connectivity index (χ0) is 13.4. The number of hydrogen-bond acceptors (Lipinski definition) is 4. The van der Waals surface area contributed by atoms with Crippen LogP contribution in [0.1, 0.15) is 10.4 Å². The summed E-state index contributed by atoms with van der Waals surface area (Å²) in [7, 11) is 1.57. The number of halogens is 1. The maximum atomic E-state index is 13.0. The molecule has 0 saturated carbocycles. The zero-order valence-electron chi connectivity index (χ0n) is 10.4. The standard InChI is InChI=1S/C13H18FNO3/c1-18-8-6-15(5-7-16)10-13(17)11-3-2-4-12(14)9-11/h2-4,9,16H,5-8,10H2,1H3. The van der Waals surface area contributed by atoms with Crippen LogP contribution in [0.25, 0.3) is 0 Å². The molecule has 0 aliphatic carbocycles.